The van der Waals surface area contributed by atoms with Crippen LogP contribution in [0.3, 0.4) is 0 Å². The number of rotatable bonds is 66. The molecule has 0 aromatic heterocycles. The minimum Gasteiger partial charge on any atom is -0.456 e. The lowest BCUT2D eigenvalue weighted by molar-refractivity contribution is -0.870. The fourth-order valence-electron chi connectivity index (χ4n) is 10.7. The summed E-state index contributed by atoms with van der Waals surface area (Å²) in [5.41, 5.74) is 0. The molecule has 0 aliphatic rings. The summed E-state index contributed by atoms with van der Waals surface area (Å²) in [6, 6.07) is -0.849. The van der Waals surface area contributed by atoms with Crippen LogP contribution in [0.5, 0.6) is 0 Å². The first-order valence-corrected chi connectivity index (χ1v) is 37.5. The van der Waals surface area contributed by atoms with Crippen LogP contribution in [0.2, 0.25) is 0 Å². The van der Waals surface area contributed by atoms with Gasteiger partial charge in [0, 0.05) is 12.8 Å². The van der Waals surface area contributed by atoms with Crippen molar-refractivity contribution in [1.29, 1.82) is 0 Å². The van der Waals surface area contributed by atoms with Crippen LogP contribution in [0.4, 0.5) is 0 Å². The smallest absolute Gasteiger partial charge is 0.456 e. The van der Waals surface area contributed by atoms with Crippen LogP contribution in [0.25, 0.3) is 0 Å². The van der Waals surface area contributed by atoms with Crippen LogP contribution in [-0.2, 0) is 27.9 Å². The number of ether oxygens (including phenoxy) is 1. The summed E-state index contributed by atoms with van der Waals surface area (Å²) in [6.45, 7) is 7.03. The number of unbranched alkanes of at least 4 members (excludes halogenated alkanes) is 44. The van der Waals surface area contributed by atoms with Crippen LogP contribution >= 0.6 is 7.82 Å². The van der Waals surface area contributed by atoms with Crippen LogP contribution in [0.15, 0.2) is 48.6 Å². The molecule has 0 saturated carbocycles. The minimum atomic E-state index is -4.45. The molecule has 0 heterocycles. The first kappa shape index (κ1) is 81.0. The van der Waals surface area contributed by atoms with Gasteiger partial charge in [0.15, 0.2) is 0 Å². The van der Waals surface area contributed by atoms with Gasteiger partial charge in [-0.2, -0.15) is 0 Å². The predicted molar refractivity (Wildman–Crippen MR) is 360 cm³/mol. The predicted octanol–water partition coefficient (Wildman–Crippen LogP) is 22.8. The van der Waals surface area contributed by atoms with Gasteiger partial charge in [-0.05, 0) is 89.5 Å². The van der Waals surface area contributed by atoms with E-state index in [9.17, 15) is 19.0 Å². The molecule has 0 saturated heterocycles. The number of hydrogen-bond acceptors (Lipinski definition) is 6. The Morgan fingerprint density at radius 2 is 0.735 bits per heavy atom. The summed E-state index contributed by atoms with van der Waals surface area (Å²) in [7, 11) is 1.51. The fraction of sp³-hybridized carbons (Fsp3) is 0.863. The molecule has 2 N–H and O–H groups in total. The van der Waals surface area contributed by atoms with E-state index in [-0.39, 0.29) is 25.1 Å². The molecular weight excluding hydrogens is 1050 g/mol. The first-order valence-electron chi connectivity index (χ1n) is 36.0. The van der Waals surface area contributed by atoms with Gasteiger partial charge >= 0.3 is 13.8 Å². The maximum atomic E-state index is 13.6. The molecule has 0 aliphatic heterocycles. The van der Waals surface area contributed by atoms with Crippen molar-refractivity contribution in [2.75, 3.05) is 40.9 Å². The summed E-state index contributed by atoms with van der Waals surface area (Å²) < 4.78 is 30.8. The summed E-state index contributed by atoms with van der Waals surface area (Å²) >= 11 is 0. The molecule has 0 aliphatic carbocycles. The topological polar surface area (TPSA) is 111 Å². The molecule has 0 radical (unpaired) electrons. The van der Waals surface area contributed by atoms with Crippen molar-refractivity contribution in [2.24, 2.45) is 0 Å². The Morgan fingerprint density at radius 3 is 1.12 bits per heavy atom. The second-order valence-electron chi connectivity index (χ2n) is 25.8. The van der Waals surface area contributed by atoms with E-state index in [4.69, 9.17) is 13.8 Å². The van der Waals surface area contributed by atoms with E-state index in [1.807, 2.05) is 33.3 Å². The Bertz CT molecular complexity index is 1560. The highest BCUT2D eigenvalue weighted by Gasteiger charge is 2.30. The van der Waals surface area contributed by atoms with Gasteiger partial charge in [0.2, 0.25) is 5.91 Å². The van der Waals surface area contributed by atoms with Gasteiger partial charge in [-0.25, -0.2) is 4.57 Å². The Morgan fingerprint density at radius 1 is 0.422 bits per heavy atom. The molecule has 0 fully saturated rings. The normalized spacial score (nSPS) is 13.8. The lowest BCUT2D eigenvalue weighted by Gasteiger charge is -2.27. The number of nitrogens with zero attached hydrogens (tertiary/aromatic N) is 1. The number of nitrogens with one attached hydrogen (secondary N) is 1. The molecule has 3 unspecified atom stereocenters. The summed E-state index contributed by atoms with van der Waals surface area (Å²) in [4.78, 5) is 37.9. The van der Waals surface area contributed by atoms with E-state index in [1.54, 1.807) is 0 Å². The van der Waals surface area contributed by atoms with E-state index in [1.165, 1.54) is 250 Å². The van der Waals surface area contributed by atoms with Crippen LogP contribution in [-0.4, -0.2) is 74.3 Å². The number of amides is 1. The highest BCUT2D eigenvalue weighted by atomic mass is 31.2. The average molecular weight is 1190 g/mol. The van der Waals surface area contributed by atoms with Crippen LogP contribution in [0, 0.1) is 0 Å². The summed E-state index contributed by atoms with van der Waals surface area (Å²) in [5.74, 6) is -0.493. The van der Waals surface area contributed by atoms with Crippen molar-refractivity contribution in [2.45, 2.75) is 367 Å². The Kier molecular flexibility index (Phi) is 61.5. The molecule has 83 heavy (non-hydrogen) atoms. The van der Waals surface area contributed by atoms with Gasteiger partial charge in [0.05, 0.1) is 33.8 Å². The molecule has 0 spiro atoms. The van der Waals surface area contributed by atoms with Crippen molar-refractivity contribution < 1.29 is 37.3 Å². The van der Waals surface area contributed by atoms with Crippen molar-refractivity contribution in [1.82, 2.24) is 5.32 Å². The second-order valence-corrected chi connectivity index (χ2v) is 27.2. The zero-order chi connectivity index (χ0) is 60.7. The van der Waals surface area contributed by atoms with Gasteiger partial charge in [0.1, 0.15) is 19.3 Å². The molecule has 488 valence electrons. The van der Waals surface area contributed by atoms with Crippen molar-refractivity contribution in [3.05, 3.63) is 48.6 Å². The Balaban J connectivity index is 5.02. The molecule has 9 nitrogen and oxygen atoms in total. The lowest BCUT2D eigenvalue weighted by Crippen LogP contribution is -2.47. The molecule has 0 aromatic carbocycles. The maximum absolute atomic E-state index is 13.6. The Hall–Kier alpha value is -2.03. The average Bonchev–Trinajstić information content (AvgIpc) is 3.47. The van der Waals surface area contributed by atoms with Crippen LogP contribution < -0.4 is 5.32 Å². The molecule has 0 aromatic rings. The van der Waals surface area contributed by atoms with E-state index in [0.717, 1.165) is 70.6 Å². The van der Waals surface area contributed by atoms with Crippen molar-refractivity contribution in [3.63, 3.8) is 0 Å². The monoisotopic (exact) mass is 1190 g/mol. The highest BCUT2D eigenvalue weighted by Crippen LogP contribution is 2.43. The molecule has 1 amide bonds. The lowest BCUT2D eigenvalue weighted by atomic mass is 10.0. The number of phosphoric ester groups is 1. The maximum Gasteiger partial charge on any atom is 0.472 e. The number of esters is 1. The van der Waals surface area contributed by atoms with Gasteiger partial charge < -0.3 is 19.4 Å². The quantitative estimate of drug-likeness (QED) is 0.0205. The largest absolute Gasteiger partial charge is 0.472 e. The summed E-state index contributed by atoms with van der Waals surface area (Å²) in [5, 5.41) is 3.07. The number of carbonyl (C=O) groups excluding carboxylic acids is 2. The van der Waals surface area contributed by atoms with E-state index in [2.05, 4.69) is 62.5 Å². The fourth-order valence-corrected chi connectivity index (χ4v) is 11.4. The molecule has 0 rings (SSSR count). The molecule has 0 bridgehead atoms. The molecular formula is C73H140N2O7P+. The second kappa shape index (κ2) is 63.0. The number of carbonyl (C=O) groups is 2. The summed E-state index contributed by atoms with van der Waals surface area (Å²) in [6.07, 6.45) is 79.8. The zero-order valence-corrected chi connectivity index (χ0v) is 56.8. The number of quaternary nitrogens is 1. The SMILES string of the molecule is CCCCC/C=C\C/C=C\CCCCCCCCCCCCCCCCCCCC(=O)OC(/C=C\CCCCCCCCCCCCC)C(COP(=O)(O)OCC[N+](C)(C)C)NC(=O)CCCCCCCCC/C=C/CCCCCCCC. The Labute approximate surface area is 516 Å². The van der Waals surface area contributed by atoms with Gasteiger partial charge in [-0.3, -0.25) is 18.6 Å². The van der Waals surface area contributed by atoms with E-state index < -0.39 is 20.0 Å². The van der Waals surface area contributed by atoms with Gasteiger partial charge in [0.25, 0.3) is 0 Å². The van der Waals surface area contributed by atoms with Gasteiger partial charge in [-0.15, -0.1) is 0 Å². The molecule has 10 heteroatoms. The van der Waals surface area contributed by atoms with Crippen molar-refractivity contribution >= 4 is 19.7 Å². The number of phosphoric acid groups is 1. The third kappa shape index (κ3) is 64.3. The zero-order valence-electron chi connectivity index (χ0n) is 56.0. The van der Waals surface area contributed by atoms with E-state index >= 15 is 0 Å². The standard InChI is InChI=1S/C73H139N2O7P/c1-7-10-13-16-19-22-25-28-30-32-33-34-35-36-37-38-39-40-41-43-45-48-51-54-57-60-63-66-73(77)82-71(64-61-58-55-52-49-46-27-24-21-18-15-12-9-3)70(69-81-83(78,79)80-68-67-75(4,5)6)74-72(76)65-62-59-56-53-50-47-44-42-31-29-26-23-20-17-14-11-8-2/h19,22,28-31,61,64,70-71H,7-18,20-21,23-27,32-60,62-63,65-69H2,1-6H3,(H-,74,76,78,79)/p+1/b22-19-,30-28-,31-29+,64-61-. The number of likely N-dealkylation sites (N-methyl/N-ethyl adjacent to an activating group) is 1. The van der Waals surface area contributed by atoms with Crippen molar-refractivity contribution in [3.8, 4) is 0 Å². The van der Waals surface area contributed by atoms with Crippen LogP contribution in [0.1, 0.15) is 355 Å². The highest BCUT2D eigenvalue weighted by molar-refractivity contribution is 7.47. The third-order valence-corrected chi connectivity index (χ3v) is 17.2. The number of hydrogen-bond donors (Lipinski definition) is 2. The van der Waals surface area contributed by atoms with E-state index in [0.29, 0.717) is 23.9 Å². The molecule has 3 atom stereocenters. The first-order chi connectivity index (χ1) is 40.4. The minimum absolute atomic E-state index is 0.0411. The van der Waals surface area contributed by atoms with Gasteiger partial charge in [-0.1, -0.05) is 301 Å². The number of allylic oxidation sites excluding steroid dienone is 7. The third-order valence-electron chi connectivity index (χ3n) is 16.2.